The summed E-state index contributed by atoms with van der Waals surface area (Å²) in [7, 11) is 0. The summed E-state index contributed by atoms with van der Waals surface area (Å²) in [4.78, 5) is 1.31. The summed E-state index contributed by atoms with van der Waals surface area (Å²) in [5.41, 5.74) is 4.25. The second kappa shape index (κ2) is 4.92. The predicted octanol–water partition coefficient (Wildman–Crippen LogP) is 4.97. The Kier molecular flexibility index (Phi) is 3.26. The quantitative estimate of drug-likeness (QED) is 0.682. The van der Waals surface area contributed by atoms with Gasteiger partial charge in [-0.25, -0.2) is 0 Å². The molecule has 0 aromatic heterocycles. The van der Waals surface area contributed by atoms with Crippen LogP contribution >= 0.6 is 23.4 Å². The summed E-state index contributed by atoms with van der Waals surface area (Å²) in [6, 6.07) is 14.5. The minimum absolute atomic E-state index is 0.312. The first-order chi connectivity index (χ1) is 9.22. The Morgan fingerprint density at radius 2 is 2.00 bits per heavy atom. The van der Waals surface area contributed by atoms with E-state index in [0.29, 0.717) is 16.5 Å². The van der Waals surface area contributed by atoms with Crippen LogP contribution in [0.3, 0.4) is 0 Å². The van der Waals surface area contributed by atoms with Gasteiger partial charge in [0, 0.05) is 16.6 Å². The van der Waals surface area contributed by atoms with E-state index in [4.69, 9.17) is 16.9 Å². The van der Waals surface area contributed by atoms with Gasteiger partial charge >= 0.3 is 0 Å². The van der Waals surface area contributed by atoms with Gasteiger partial charge in [-0.05, 0) is 28.8 Å². The highest BCUT2D eigenvalue weighted by Crippen LogP contribution is 2.43. The molecule has 0 amide bonds. The van der Waals surface area contributed by atoms with Crippen LogP contribution < -0.4 is 0 Å². The molecule has 0 radical (unpaired) electrons. The molecule has 19 heavy (non-hydrogen) atoms. The van der Waals surface area contributed by atoms with Crippen LogP contribution in [0.2, 0.25) is 5.02 Å². The van der Waals surface area contributed by atoms with Crippen LogP contribution in [0.1, 0.15) is 35.1 Å². The fourth-order valence-electron chi connectivity index (χ4n) is 2.56. The molecule has 2 aromatic rings. The van der Waals surface area contributed by atoms with Crippen LogP contribution in [0.4, 0.5) is 0 Å². The Morgan fingerprint density at radius 1 is 1.21 bits per heavy atom. The van der Waals surface area contributed by atoms with Gasteiger partial charge in [-0.2, -0.15) is 5.26 Å². The Balaban J connectivity index is 2.21. The Bertz CT molecular complexity index is 688. The number of hydrogen-bond donors (Lipinski definition) is 0. The van der Waals surface area contributed by atoms with Gasteiger partial charge in [0.25, 0.3) is 0 Å². The van der Waals surface area contributed by atoms with Crippen molar-refractivity contribution in [3.8, 4) is 6.07 Å². The van der Waals surface area contributed by atoms with Crippen molar-refractivity contribution in [2.45, 2.75) is 23.5 Å². The Hall–Kier alpha value is -1.43. The monoisotopic (exact) mass is 285 g/mol. The van der Waals surface area contributed by atoms with Crippen LogP contribution in [-0.4, -0.2) is 0 Å². The minimum Gasteiger partial charge on any atom is -0.192 e. The summed E-state index contributed by atoms with van der Waals surface area (Å²) in [5.74, 6) is 1.14. The van der Waals surface area contributed by atoms with E-state index in [2.05, 4.69) is 37.3 Å². The van der Waals surface area contributed by atoms with Gasteiger partial charge in [0.1, 0.15) is 6.07 Å². The lowest BCUT2D eigenvalue weighted by molar-refractivity contribution is 0.890. The van der Waals surface area contributed by atoms with Crippen LogP contribution in [-0.2, 0) is 5.75 Å². The molecule has 0 aliphatic carbocycles. The highest BCUT2D eigenvalue weighted by molar-refractivity contribution is 7.98. The number of fused-ring (bicyclic) bond motifs is 2. The fourth-order valence-corrected chi connectivity index (χ4v) is 4.12. The van der Waals surface area contributed by atoms with Gasteiger partial charge in [-0.3, -0.25) is 0 Å². The van der Waals surface area contributed by atoms with Crippen molar-refractivity contribution in [3.05, 3.63) is 63.7 Å². The Morgan fingerprint density at radius 3 is 2.79 bits per heavy atom. The zero-order chi connectivity index (χ0) is 13.4. The van der Waals surface area contributed by atoms with Crippen LogP contribution in [0.5, 0.6) is 0 Å². The molecule has 1 nitrogen and oxygen atoms in total. The van der Waals surface area contributed by atoms with E-state index in [1.807, 2.05) is 12.1 Å². The third-order valence-corrected chi connectivity index (χ3v) is 5.17. The predicted molar refractivity (Wildman–Crippen MR) is 79.7 cm³/mol. The largest absolute Gasteiger partial charge is 0.192 e. The van der Waals surface area contributed by atoms with Crippen molar-refractivity contribution in [1.29, 1.82) is 5.26 Å². The smallest absolute Gasteiger partial charge is 0.101 e. The minimum atomic E-state index is 0.312. The fraction of sp³-hybridized carbons (Fsp3) is 0.188. The third-order valence-electron chi connectivity index (χ3n) is 3.62. The number of hydrogen-bond acceptors (Lipinski definition) is 2. The number of halogens is 1. The molecular weight excluding hydrogens is 274 g/mol. The van der Waals surface area contributed by atoms with Crippen molar-refractivity contribution in [3.63, 3.8) is 0 Å². The van der Waals surface area contributed by atoms with E-state index in [1.165, 1.54) is 16.0 Å². The second-order valence-electron chi connectivity index (χ2n) is 4.65. The molecule has 1 aliphatic heterocycles. The summed E-state index contributed by atoms with van der Waals surface area (Å²) in [5, 5.41) is 9.71. The molecule has 1 atom stereocenters. The number of rotatable bonds is 0. The van der Waals surface area contributed by atoms with E-state index in [9.17, 15) is 0 Å². The average molecular weight is 286 g/mol. The lowest BCUT2D eigenvalue weighted by Crippen LogP contribution is -2.00. The number of nitriles is 1. The SMILES string of the molecule is C[C@H]1c2ccccc2SCc2c1ccc(C#N)c2Cl. The lowest BCUT2D eigenvalue weighted by atomic mass is 9.89. The molecular formula is C16H12ClNS. The van der Waals surface area contributed by atoms with Crippen molar-refractivity contribution in [2.75, 3.05) is 0 Å². The van der Waals surface area contributed by atoms with Gasteiger partial charge in [-0.15, -0.1) is 11.8 Å². The topological polar surface area (TPSA) is 23.8 Å². The van der Waals surface area contributed by atoms with Crippen molar-refractivity contribution in [1.82, 2.24) is 0 Å². The molecule has 0 saturated heterocycles. The maximum atomic E-state index is 9.09. The van der Waals surface area contributed by atoms with Crippen LogP contribution in [0.15, 0.2) is 41.3 Å². The number of benzene rings is 2. The van der Waals surface area contributed by atoms with Gasteiger partial charge in [0.15, 0.2) is 0 Å². The standard InChI is InChI=1S/C16H12ClNS/c1-10-12-7-6-11(8-18)16(17)14(12)9-19-15-5-3-2-4-13(10)15/h2-7,10H,9H2,1H3/t10-/m1/s1. The van der Waals surface area contributed by atoms with Crippen LogP contribution in [0.25, 0.3) is 0 Å². The lowest BCUT2D eigenvalue weighted by Gasteiger charge is -2.16. The summed E-state index contributed by atoms with van der Waals surface area (Å²) in [6.45, 7) is 2.20. The van der Waals surface area contributed by atoms with E-state index >= 15 is 0 Å². The molecule has 0 unspecified atom stereocenters. The summed E-state index contributed by atoms with van der Waals surface area (Å²) >= 11 is 8.17. The van der Waals surface area contributed by atoms with Crippen molar-refractivity contribution >= 4 is 23.4 Å². The molecule has 3 rings (SSSR count). The first kappa shape index (κ1) is 12.6. The maximum absolute atomic E-state index is 9.09. The summed E-state index contributed by atoms with van der Waals surface area (Å²) in [6.07, 6.45) is 0. The van der Waals surface area contributed by atoms with E-state index < -0.39 is 0 Å². The highest BCUT2D eigenvalue weighted by Gasteiger charge is 2.23. The van der Waals surface area contributed by atoms with E-state index in [1.54, 1.807) is 11.8 Å². The van der Waals surface area contributed by atoms with E-state index in [0.717, 1.165) is 11.3 Å². The maximum Gasteiger partial charge on any atom is 0.101 e. The van der Waals surface area contributed by atoms with Crippen molar-refractivity contribution < 1.29 is 0 Å². The molecule has 0 fully saturated rings. The first-order valence-corrected chi connectivity index (χ1v) is 7.52. The van der Waals surface area contributed by atoms with Gasteiger partial charge in [0.2, 0.25) is 0 Å². The van der Waals surface area contributed by atoms with Gasteiger partial charge in [0.05, 0.1) is 10.6 Å². The third kappa shape index (κ3) is 2.04. The average Bonchev–Trinajstić information content (AvgIpc) is 2.58. The molecule has 0 spiro atoms. The molecule has 2 aromatic carbocycles. The first-order valence-electron chi connectivity index (χ1n) is 6.15. The van der Waals surface area contributed by atoms with Crippen LogP contribution in [0, 0.1) is 11.3 Å². The Labute approximate surface area is 122 Å². The molecule has 94 valence electrons. The molecule has 1 heterocycles. The molecule has 0 saturated carbocycles. The highest BCUT2D eigenvalue weighted by atomic mass is 35.5. The van der Waals surface area contributed by atoms with Gasteiger partial charge in [-0.1, -0.05) is 42.8 Å². The summed E-state index contributed by atoms with van der Waals surface area (Å²) < 4.78 is 0. The van der Waals surface area contributed by atoms with Gasteiger partial charge < -0.3 is 0 Å². The number of nitrogens with zero attached hydrogens (tertiary/aromatic N) is 1. The molecule has 0 N–H and O–H groups in total. The molecule has 1 aliphatic rings. The van der Waals surface area contributed by atoms with Crippen molar-refractivity contribution in [2.24, 2.45) is 0 Å². The second-order valence-corrected chi connectivity index (χ2v) is 6.05. The number of thioether (sulfide) groups is 1. The molecule has 3 heteroatoms. The zero-order valence-corrected chi connectivity index (χ0v) is 12.1. The normalized spacial score (nSPS) is 17.0. The van der Waals surface area contributed by atoms with E-state index in [-0.39, 0.29) is 0 Å². The molecule has 0 bridgehead atoms. The zero-order valence-electron chi connectivity index (χ0n) is 10.5.